The number of hydrogen-bond acceptors (Lipinski definition) is 7. The summed E-state index contributed by atoms with van der Waals surface area (Å²) in [6.07, 6.45) is -0.121. The highest BCUT2D eigenvalue weighted by molar-refractivity contribution is 9.11. The van der Waals surface area contributed by atoms with E-state index in [0.717, 1.165) is 19.2 Å². The largest absolute Gasteiger partial charge is 0.506 e. The molecule has 0 aliphatic rings. The summed E-state index contributed by atoms with van der Waals surface area (Å²) in [4.78, 5) is 21.9. The van der Waals surface area contributed by atoms with Crippen molar-refractivity contribution in [2.75, 3.05) is 7.11 Å². The summed E-state index contributed by atoms with van der Waals surface area (Å²) in [7, 11) is -3.31. The molecule has 12 heteroatoms. The van der Waals surface area contributed by atoms with Gasteiger partial charge in [-0.1, -0.05) is 12.1 Å². The highest BCUT2D eigenvalue weighted by Crippen LogP contribution is 2.34. The molecule has 0 radical (unpaired) electrons. The lowest BCUT2D eigenvalue weighted by atomic mass is 10.1. The number of phenolic OH excluding ortho intramolecular Hbond substituents is 1. The molecule has 0 spiro atoms. The number of carbonyl (C=O) groups is 1. The Kier molecular flexibility index (Phi) is 7.15. The van der Waals surface area contributed by atoms with E-state index in [2.05, 4.69) is 41.3 Å². The normalized spacial score (nSPS) is 12.4. The van der Waals surface area contributed by atoms with E-state index in [1.807, 2.05) is 0 Å². The van der Waals surface area contributed by atoms with Crippen molar-refractivity contribution in [1.29, 1.82) is 0 Å². The number of aromatic hydroxyl groups is 1. The Morgan fingerprint density at radius 3 is 2.39 bits per heavy atom. The molecule has 0 fully saturated rings. The van der Waals surface area contributed by atoms with Gasteiger partial charge in [-0.05, 0) is 62.0 Å². The number of methoxy groups -OCH3 is 1. The Labute approximate surface area is 177 Å². The zero-order valence-corrected chi connectivity index (χ0v) is 18.2. The predicted molar refractivity (Wildman–Crippen MR) is 106 cm³/mol. The molecule has 28 heavy (non-hydrogen) atoms. The summed E-state index contributed by atoms with van der Waals surface area (Å²) >= 11 is 6.31. The maximum Gasteiger partial charge on any atom is 0.324 e. The van der Waals surface area contributed by atoms with Crippen LogP contribution in [0.3, 0.4) is 0 Å². The molecule has 2 rings (SSSR count). The van der Waals surface area contributed by atoms with Gasteiger partial charge in [-0.15, -0.1) is 0 Å². The van der Waals surface area contributed by atoms with E-state index in [4.69, 9.17) is 0 Å². The molecule has 0 aliphatic carbocycles. The maximum absolute atomic E-state index is 12.7. The number of phenols is 1. The molecule has 0 aliphatic heterocycles. The Bertz CT molecular complexity index is 1000. The van der Waals surface area contributed by atoms with Gasteiger partial charge in [0, 0.05) is 6.07 Å². The number of rotatable bonds is 7. The van der Waals surface area contributed by atoms with Gasteiger partial charge in [-0.25, -0.2) is 8.42 Å². The molecule has 9 nitrogen and oxygen atoms in total. The van der Waals surface area contributed by atoms with Crippen molar-refractivity contribution >= 4 is 53.5 Å². The lowest BCUT2D eigenvalue weighted by Gasteiger charge is -2.17. The second kappa shape index (κ2) is 8.99. The van der Waals surface area contributed by atoms with E-state index in [9.17, 15) is 28.4 Å². The minimum atomic E-state index is -4.40. The molecular weight excluding hydrogens is 524 g/mol. The molecule has 0 saturated carbocycles. The van der Waals surface area contributed by atoms with E-state index in [1.165, 1.54) is 24.3 Å². The minimum Gasteiger partial charge on any atom is -0.506 e. The molecule has 0 unspecified atom stereocenters. The van der Waals surface area contributed by atoms with Crippen LogP contribution in [0.5, 0.6) is 5.75 Å². The monoisotopic (exact) mass is 536 g/mol. The third-order valence-corrected chi connectivity index (χ3v) is 6.38. The van der Waals surface area contributed by atoms with E-state index >= 15 is 0 Å². The van der Waals surface area contributed by atoms with Gasteiger partial charge in [0.15, 0.2) is 4.90 Å². The standard InChI is InChI=1S/C16H14Br2N2O7S/c1-27-16(22)12(8-9-6-10(17)15(21)11(18)7-9)19-28(25,26)14-5-3-2-4-13(14)20(23)24/h2-7,12,19,21H,8H2,1H3/t12-/m0/s1. The first-order valence-electron chi connectivity index (χ1n) is 7.57. The van der Waals surface area contributed by atoms with Crippen LogP contribution in [-0.2, 0) is 26.0 Å². The first-order valence-corrected chi connectivity index (χ1v) is 10.6. The first kappa shape index (κ1) is 22.3. The molecule has 150 valence electrons. The van der Waals surface area contributed by atoms with Crippen LogP contribution in [0.15, 0.2) is 50.2 Å². The number of benzene rings is 2. The highest BCUT2D eigenvalue weighted by atomic mass is 79.9. The van der Waals surface area contributed by atoms with Gasteiger partial charge in [0.1, 0.15) is 11.8 Å². The zero-order valence-electron chi connectivity index (χ0n) is 14.3. The first-order chi connectivity index (χ1) is 13.1. The van der Waals surface area contributed by atoms with Gasteiger partial charge in [0.05, 0.1) is 21.0 Å². The Morgan fingerprint density at radius 2 is 1.86 bits per heavy atom. The zero-order chi connectivity index (χ0) is 21.1. The van der Waals surface area contributed by atoms with Crippen LogP contribution in [0, 0.1) is 10.1 Å². The molecule has 2 aromatic carbocycles. The van der Waals surface area contributed by atoms with Gasteiger partial charge in [0.2, 0.25) is 10.0 Å². The number of carbonyl (C=O) groups excluding carboxylic acids is 1. The summed E-state index contributed by atoms with van der Waals surface area (Å²) < 4.78 is 32.9. The number of hydrogen-bond donors (Lipinski definition) is 2. The van der Waals surface area contributed by atoms with Gasteiger partial charge in [-0.3, -0.25) is 14.9 Å². The van der Waals surface area contributed by atoms with Crippen molar-refractivity contribution in [1.82, 2.24) is 4.72 Å². The number of nitro benzene ring substituents is 1. The van der Waals surface area contributed by atoms with Gasteiger partial charge in [-0.2, -0.15) is 4.72 Å². The summed E-state index contributed by atoms with van der Waals surface area (Å²) in [5.41, 5.74) is -0.119. The van der Waals surface area contributed by atoms with Crippen LogP contribution in [0.25, 0.3) is 0 Å². The summed E-state index contributed by atoms with van der Waals surface area (Å²) in [6, 6.07) is 6.46. The highest BCUT2D eigenvalue weighted by Gasteiger charge is 2.31. The van der Waals surface area contributed by atoms with E-state index in [1.54, 1.807) is 0 Å². The van der Waals surface area contributed by atoms with Crippen molar-refractivity contribution < 1.29 is 28.0 Å². The van der Waals surface area contributed by atoms with Crippen LogP contribution >= 0.6 is 31.9 Å². The second-order valence-corrected chi connectivity index (χ2v) is 8.93. The van der Waals surface area contributed by atoms with Crippen LogP contribution < -0.4 is 4.72 Å². The SMILES string of the molecule is COC(=O)[C@H](Cc1cc(Br)c(O)c(Br)c1)NS(=O)(=O)c1ccccc1[N+](=O)[O-]. The van der Waals surface area contributed by atoms with Gasteiger partial charge < -0.3 is 9.84 Å². The molecule has 2 N–H and O–H groups in total. The number of halogens is 2. The minimum absolute atomic E-state index is 0.0566. The smallest absolute Gasteiger partial charge is 0.324 e. The lowest BCUT2D eigenvalue weighted by molar-refractivity contribution is -0.387. The molecular formula is C16H14Br2N2O7S. The topological polar surface area (TPSA) is 136 Å². The molecule has 1 atom stereocenters. The number of para-hydroxylation sites is 1. The fourth-order valence-corrected chi connectivity index (χ4v) is 5.01. The fraction of sp³-hybridized carbons (Fsp3) is 0.188. The van der Waals surface area contributed by atoms with Crippen LogP contribution in [-0.4, -0.2) is 37.6 Å². The van der Waals surface area contributed by atoms with Crippen molar-refractivity contribution in [3.8, 4) is 5.75 Å². The number of ether oxygens (including phenoxy) is 1. The van der Waals surface area contributed by atoms with Gasteiger partial charge in [0.25, 0.3) is 5.69 Å². The molecule has 0 saturated heterocycles. The Balaban J connectivity index is 2.40. The summed E-state index contributed by atoms with van der Waals surface area (Å²) in [5.74, 6) is -0.929. The number of nitro groups is 1. The Hall–Kier alpha value is -2.02. The van der Waals surface area contributed by atoms with E-state index in [-0.39, 0.29) is 12.2 Å². The van der Waals surface area contributed by atoms with E-state index in [0.29, 0.717) is 14.5 Å². The quantitative estimate of drug-likeness (QED) is 0.315. The molecule has 2 aromatic rings. The number of esters is 1. The summed E-state index contributed by atoms with van der Waals surface area (Å²) in [5, 5.41) is 20.9. The van der Waals surface area contributed by atoms with E-state index < -0.39 is 37.5 Å². The molecule has 0 aromatic heterocycles. The average molecular weight is 538 g/mol. The lowest BCUT2D eigenvalue weighted by Crippen LogP contribution is -2.43. The van der Waals surface area contributed by atoms with Crippen molar-refractivity contribution in [2.24, 2.45) is 0 Å². The number of sulfonamides is 1. The average Bonchev–Trinajstić information content (AvgIpc) is 2.64. The van der Waals surface area contributed by atoms with Crippen molar-refractivity contribution in [2.45, 2.75) is 17.4 Å². The maximum atomic E-state index is 12.7. The second-order valence-electron chi connectivity index (χ2n) is 5.53. The predicted octanol–water partition coefficient (Wildman–Crippen LogP) is 2.89. The van der Waals surface area contributed by atoms with Crippen LogP contribution in [0.4, 0.5) is 5.69 Å². The van der Waals surface area contributed by atoms with Gasteiger partial charge >= 0.3 is 5.97 Å². The van der Waals surface area contributed by atoms with Crippen molar-refractivity contribution in [3.63, 3.8) is 0 Å². The number of nitrogens with zero attached hydrogens (tertiary/aromatic N) is 1. The Morgan fingerprint density at radius 1 is 1.29 bits per heavy atom. The van der Waals surface area contributed by atoms with Crippen LogP contribution in [0.2, 0.25) is 0 Å². The number of nitrogens with one attached hydrogen (secondary N) is 1. The fourth-order valence-electron chi connectivity index (χ4n) is 2.37. The molecule has 0 heterocycles. The summed E-state index contributed by atoms with van der Waals surface area (Å²) in [6.45, 7) is 0. The van der Waals surface area contributed by atoms with Crippen LogP contribution in [0.1, 0.15) is 5.56 Å². The van der Waals surface area contributed by atoms with Crippen molar-refractivity contribution in [3.05, 3.63) is 61.0 Å². The molecule has 0 amide bonds. The third kappa shape index (κ3) is 5.07. The third-order valence-electron chi connectivity index (χ3n) is 3.65. The molecule has 0 bridgehead atoms.